The first-order chi connectivity index (χ1) is 30.8. The van der Waals surface area contributed by atoms with E-state index in [2.05, 4.69) is 192 Å². The minimum absolute atomic E-state index is 0.0408. The summed E-state index contributed by atoms with van der Waals surface area (Å²) < 4.78 is 20.2. The number of hydrogen-bond acceptors (Lipinski definition) is 4. The van der Waals surface area contributed by atoms with E-state index in [0.717, 1.165) is 56.0 Å². The van der Waals surface area contributed by atoms with Gasteiger partial charge in [0, 0.05) is 0 Å². The summed E-state index contributed by atoms with van der Waals surface area (Å²) in [6.07, 6.45) is 0. The molecule has 0 bridgehead atoms. The van der Waals surface area contributed by atoms with Gasteiger partial charge in [0.2, 0.25) is 0 Å². The number of fused-ring (bicyclic) bond motifs is 16. The predicted molar refractivity (Wildman–Crippen MR) is 263 cm³/mol. The molecule has 0 fully saturated rings. The predicted octanol–water partition coefficient (Wildman–Crippen LogP) is 6.02. The zero-order valence-corrected chi connectivity index (χ0v) is 36.4. The average Bonchev–Trinajstić information content (AvgIpc) is 3.90. The molecular formula is C54H30B2N2O2Se2. The number of benzene rings is 9. The van der Waals surface area contributed by atoms with Crippen LogP contribution in [0.15, 0.2) is 191 Å². The molecule has 4 aliphatic heterocycles. The molecule has 62 heavy (non-hydrogen) atoms. The van der Waals surface area contributed by atoms with Gasteiger partial charge >= 0.3 is 373 Å². The van der Waals surface area contributed by atoms with Crippen LogP contribution in [-0.2, 0) is 0 Å². The van der Waals surface area contributed by atoms with E-state index >= 15 is 0 Å². The molecule has 0 unspecified atom stereocenters. The van der Waals surface area contributed by atoms with Gasteiger partial charge < -0.3 is 0 Å². The Labute approximate surface area is 370 Å². The fourth-order valence-electron chi connectivity index (χ4n) is 11.0. The van der Waals surface area contributed by atoms with Gasteiger partial charge in [0.15, 0.2) is 0 Å². The molecule has 0 aliphatic carbocycles. The Morgan fingerprint density at radius 2 is 0.790 bits per heavy atom. The molecule has 0 saturated carbocycles. The van der Waals surface area contributed by atoms with Crippen molar-refractivity contribution in [3.63, 3.8) is 0 Å². The van der Waals surface area contributed by atoms with E-state index in [1.807, 2.05) is 0 Å². The van der Waals surface area contributed by atoms with Crippen molar-refractivity contribution in [3.05, 3.63) is 182 Å². The summed E-state index contributed by atoms with van der Waals surface area (Å²) in [5.74, 6) is 0. The summed E-state index contributed by atoms with van der Waals surface area (Å²) in [4.78, 5) is 4.97. The van der Waals surface area contributed by atoms with Crippen LogP contribution in [0.2, 0.25) is 0 Å². The zero-order valence-electron chi connectivity index (χ0n) is 33.0. The SMILES string of the molecule is c1ccc(N2c3cc4ccccc4c4c3B(c3cc5c(cc3[Se]4)[Se]c3c4c(cc6ccccc36)N(c3ccccc3)c3c(oc6ccccc36)B54)c3oc4ccccc4c32)cc1. The van der Waals surface area contributed by atoms with Gasteiger partial charge in [0.05, 0.1) is 0 Å². The number of anilines is 6. The fourth-order valence-corrected chi connectivity index (χ4v) is 16.9. The van der Waals surface area contributed by atoms with Gasteiger partial charge in [-0.3, -0.25) is 0 Å². The van der Waals surface area contributed by atoms with Crippen molar-refractivity contribution in [1.29, 1.82) is 0 Å². The van der Waals surface area contributed by atoms with E-state index in [1.54, 1.807) is 0 Å². The molecule has 2 aromatic heterocycles. The van der Waals surface area contributed by atoms with Crippen LogP contribution < -0.4 is 60.8 Å². The minimum atomic E-state index is -0.0765. The van der Waals surface area contributed by atoms with E-state index in [-0.39, 0.29) is 43.3 Å². The molecule has 9 aromatic carbocycles. The third kappa shape index (κ3) is 4.45. The molecule has 0 spiro atoms. The Bertz CT molecular complexity index is 3510. The van der Waals surface area contributed by atoms with Gasteiger partial charge in [-0.15, -0.1) is 0 Å². The standard InChI is InChI=1S/C54H30B2N2O2Se2/c1-3-17-33(18-4-1)57-41-27-31-15-7-9-21-35(31)51-47(41)55(53-49(57)37-23-11-13-25-43(37)59-53)39-29-40-46(30-45(39)61-51)62-52-36-22-10-8-16-32(36)28-42-48(52)56(40)54-50(38-24-12-14-26-44(38)60-54)58(42)34-19-5-2-6-20-34/h1-30H. The van der Waals surface area contributed by atoms with E-state index in [4.69, 9.17) is 8.83 Å². The molecule has 0 radical (unpaired) electrons. The molecule has 4 nitrogen and oxygen atoms in total. The second-order valence-corrected chi connectivity index (χ2v) is 21.1. The average molecular weight is 918 g/mol. The third-order valence-electron chi connectivity index (χ3n) is 13.5. The summed E-state index contributed by atoms with van der Waals surface area (Å²) >= 11 is 0.0817. The van der Waals surface area contributed by atoms with E-state index in [0.29, 0.717) is 0 Å². The Hall–Kier alpha value is -6.65. The van der Waals surface area contributed by atoms with Crippen LogP contribution >= 0.6 is 0 Å². The Morgan fingerprint density at radius 3 is 1.26 bits per heavy atom. The van der Waals surface area contributed by atoms with Crippen molar-refractivity contribution in [2.24, 2.45) is 0 Å². The van der Waals surface area contributed by atoms with Crippen LogP contribution in [0.25, 0.3) is 43.5 Å². The summed E-state index contributed by atoms with van der Waals surface area (Å²) in [7, 11) is 0. The Balaban J connectivity index is 1.05. The zero-order chi connectivity index (χ0) is 40.2. The van der Waals surface area contributed by atoms with Crippen molar-refractivity contribution in [2.75, 3.05) is 9.80 Å². The van der Waals surface area contributed by atoms with E-state index in [1.165, 1.54) is 72.6 Å². The van der Waals surface area contributed by atoms with E-state index < -0.39 is 0 Å². The van der Waals surface area contributed by atoms with Crippen molar-refractivity contribution < 1.29 is 8.83 Å². The van der Waals surface area contributed by atoms with Gasteiger partial charge in [0.1, 0.15) is 0 Å². The summed E-state index contributed by atoms with van der Waals surface area (Å²) in [6, 6.07) is 67.1. The molecule has 0 N–H and O–H groups in total. The maximum atomic E-state index is 7.20. The number of hydrogen-bond donors (Lipinski definition) is 0. The number of para-hydroxylation sites is 4. The molecule has 0 amide bonds. The fraction of sp³-hybridized carbons (Fsp3) is 0. The summed E-state index contributed by atoms with van der Waals surface area (Å²) in [5, 5.41) is 7.52. The van der Waals surface area contributed by atoms with Crippen LogP contribution in [0, 0.1) is 0 Å². The molecule has 4 aliphatic rings. The van der Waals surface area contributed by atoms with Crippen LogP contribution in [0.3, 0.4) is 0 Å². The van der Waals surface area contributed by atoms with Crippen LogP contribution in [-0.4, -0.2) is 43.3 Å². The first-order valence-corrected chi connectivity index (χ1v) is 24.6. The summed E-state index contributed by atoms with van der Waals surface area (Å²) in [6.45, 7) is -0.153. The molecule has 0 atom stereocenters. The molecule has 8 heteroatoms. The van der Waals surface area contributed by atoms with Crippen LogP contribution in [0.5, 0.6) is 0 Å². The molecule has 286 valence electrons. The van der Waals surface area contributed by atoms with Gasteiger partial charge in [-0.25, -0.2) is 0 Å². The maximum absolute atomic E-state index is 7.20. The number of nitrogens with zero attached hydrogens (tertiary/aromatic N) is 2. The number of furan rings is 2. The monoisotopic (exact) mass is 920 g/mol. The molecular weight excluding hydrogens is 888 g/mol. The van der Waals surface area contributed by atoms with Crippen LogP contribution in [0.4, 0.5) is 34.1 Å². The Morgan fingerprint density at radius 1 is 0.387 bits per heavy atom. The van der Waals surface area contributed by atoms with Gasteiger partial charge in [-0.1, -0.05) is 0 Å². The third-order valence-corrected chi connectivity index (χ3v) is 18.6. The first-order valence-electron chi connectivity index (χ1n) is 21.1. The normalized spacial score (nSPS) is 14.2. The van der Waals surface area contributed by atoms with Gasteiger partial charge in [-0.05, 0) is 0 Å². The van der Waals surface area contributed by atoms with Gasteiger partial charge in [-0.2, -0.15) is 0 Å². The molecule has 15 rings (SSSR count). The summed E-state index contributed by atoms with van der Waals surface area (Å²) in [5.41, 5.74) is 16.4. The topological polar surface area (TPSA) is 32.8 Å². The number of rotatable bonds is 2. The second-order valence-electron chi connectivity index (χ2n) is 16.7. The van der Waals surface area contributed by atoms with Crippen molar-refractivity contribution >= 4 is 172 Å². The molecule has 0 saturated heterocycles. The van der Waals surface area contributed by atoms with E-state index in [9.17, 15) is 0 Å². The van der Waals surface area contributed by atoms with Crippen LogP contribution in [0.1, 0.15) is 0 Å². The molecule has 6 heterocycles. The quantitative estimate of drug-likeness (QED) is 0.199. The van der Waals surface area contributed by atoms with Crippen molar-refractivity contribution in [2.45, 2.75) is 0 Å². The second kappa shape index (κ2) is 12.5. The Kier molecular flexibility index (Phi) is 6.84. The van der Waals surface area contributed by atoms with Gasteiger partial charge in [0.25, 0.3) is 0 Å². The van der Waals surface area contributed by atoms with Crippen molar-refractivity contribution in [1.82, 2.24) is 0 Å². The van der Waals surface area contributed by atoms with Crippen molar-refractivity contribution in [3.8, 4) is 0 Å². The first kappa shape index (κ1) is 34.0. The molecule has 11 aromatic rings.